The number of unbranched alkanes of at least 4 members (excludes halogenated alkanes) is 2. The van der Waals surface area contributed by atoms with E-state index in [1.165, 1.54) is 11.3 Å². The summed E-state index contributed by atoms with van der Waals surface area (Å²) in [6.07, 6.45) is 6.18. The van der Waals surface area contributed by atoms with Crippen LogP contribution in [0, 0.1) is 12.8 Å². The Balaban J connectivity index is 1.18. The van der Waals surface area contributed by atoms with Gasteiger partial charge in [0.05, 0.1) is 17.6 Å². The normalized spacial score (nSPS) is 12.8. The number of aryl methyl sites for hydroxylation is 1. The van der Waals surface area contributed by atoms with Gasteiger partial charge in [-0.15, -0.1) is 11.3 Å². The van der Waals surface area contributed by atoms with Crippen molar-refractivity contribution in [2.75, 3.05) is 11.9 Å². The van der Waals surface area contributed by atoms with E-state index >= 15 is 0 Å². The molecule has 5 rings (SSSR count). The first kappa shape index (κ1) is 27.4. The van der Waals surface area contributed by atoms with Gasteiger partial charge < -0.3 is 10.6 Å². The number of nitrogens with zero attached hydrogens (tertiary/aromatic N) is 2. The zero-order valence-electron chi connectivity index (χ0n) is 22.6. The fraction of sp³-hybridized carbons (Fsp3) is 0.333. The van der Waals surface area contributed by atoms with Gasteiger partial charge >= 0.3 is 6.09 Å². The monoisotopic (exact) mass is 560 g/mol. The number of carbonyl (C=O) groups excluding carboxylic acids is 3. The van der Waals surface area contributed by atoms with Gasteiger partial charge in [0.1, 0.15) is 0 Å². The fourth-order valence-electron chi connectivity index (χ4n) is 4.46. The third kappa shape index (κ3) is 6.69. The summed E-state index contributed by atoms with van der Waals surface area (Å²) in [6.45, 7) is 4.58. The minimum absolute atomic E-state index is 0.100. The Kier molecular flexibility index (Phi) is 8.45. The molecule has 2 N–H and O–H groups in total. The van der Waals surface area contributed by atoms with Crippen LogP contribution in [-0.4, -0.2) is 34.0 Å². The number of hydrogen-bond donors (Lipinski definition) is 2. The smallest absolute Gasteiger partial charge is 0.318 e. The molecule has 0 radical (unpaired) electrons. The van der Waals surface area contributed by atoms with Crippen molar-refractivity contribution in [1.29, 1.82) is 0 Å². The van der Waals surface area contributed by atoms with Gasteiger partial charge in [-0.05, 0) is 62.1 Å². The van der Waals surface area contributed by atoms with Crippen LogP contribution in [0.2, 0.25) is 0 Å². The number of nitrogens with one attached hydrogen (secondary N) is 2. The molecular weight excluding hydrogens is 528 g/mol. The number of thiazole rings is 1. The van der Waals surface area contributed by atoms with Gasteiger partial charge in [-0.1, -0.05) is 38.0 Å². The van der Waals surface area contributed by atoms with Crippen LogP contribution in [0.15, 0.2) is 54.7 Å². The molecule has 208 valence electrons. The van der Waals surface area contributed by atoms with Crippen molar-refractivity contribution in [3.63, 3.8) is 0 Å². The van der Waals surface area contributed by atoms with Gasteiger partial charge in [0.15, 0.2) is 10.9 Å². The number of hydrogen-bond acceptors (Lipinski definition) is 7. The highest BCUT2D eigenvalue weighted by molar-refractivity contribution is 7.16. The highest BCUT2D eigenvalue weighted by Gasteiger charge is 2.31. The highest BCUT2D eigenvalue weighted by Crippen LogP contribution is 2.35. The summed E-state index contributed by atoms with van der Waals surface area (Å²) in [5.74, 6) is 0.408. The molecule has 2 aromatic heterocycles. The molecule has 0 unspecified atom stereocenters. The van der Waals surface area contributed by atoms with Gasteiger partial charge in [0, 0.05) is 34.5 Å². The Morgan fingerprint density at radius 1 is 1.10 bits per heavy atom. The summed E-state index contributed by atoms with van der Waals surface area (Å²) < 4.78 is 1.74. The maximum absolute atomic E-state index is 12.8. The summed E-state index contributed by atoms with van der Waals surface area (Å²) in [5.41, 5.74) is 3.32. The largest absolute Gasteiger partial charge is 0.450 e. The minimum Gasteiger partial charge on any atom is -0.318 e. The average molecular weight is 561 g/mol. The maximum atomic E-state index is 12.8. The van der Waals surface area contributed by atoms with Gasteiger partial charge in [-0.2, -0.15) is 0 Å². The van der Waals surface area contributed by atoms with Crippen LogP contribution in [0.25, 0.3) is 22.2 Å². The molecule has 1 saturated carbocycles. The minimum atomic E-state index is -0.655. The van der Waals surface area contributed by atoms with Gasteiger partial charge in [-0.3, -0.25) is 19.0 Å². The molecule has 1 aliphatic rings. The number of benzene rings is 2. The Hall–Kier alpha value is -4.18. The molecule has 2 aromatic carbocycles. The van der Waals surface area contributed by atoms with Crippen LogP contribution < -0.4 is 15.5 Å². The van der Waals surface area contributed by atoms with Crippen molar-refractivity contribution in [2.45, 2.75) is 52.4 Å². The molecule has 0 atom stereocenters. The van der Waals surface area contributed by atoms with Crippen LogP contribution in [-0.2, 0) is 16.1 Å². The van der Waals surface area contributed by atoms with E-state index in [0.29, 0.717) is 23.0 Å². The molecule has 9 nitrogen and oxygen atoms in total. The molecule has 1 aliphatic carbocycles. The topological polar surface area (TPSA) is 112 Å². The van der Waals surface area contributed by atoms with E-state index in [0.717, 1.165) is 59.1 Å². The zero-order chi connectivity index (χ0) is 28.1. The first-order chi connectivity index (χ1) is 19.4. The van der Waals surface area contributed by atoms with E-state index in [1.54, 1.807) is 28.8 Å². The summed E-state index contributed by atoms with van der Waals surface area (Å²) in [5, 5.41) is 7.00. The van der Waals surface area contributed by atoms with Crippen molar-refractivity contribution >= 4 is 45.3 Å². The third-order valence-electron chi connectivity index (χ3n) is 6.70. The maximum Gasteiger partial charge on any atom is 0.450 e. The van der Waals surface area contributed by atoms with E-state index in [2.05, 4.69) is 22.5 Å². The molecule has 2 amide bonds. The number of fused-ring (bicyclic) bond motifs is 1. The summed E-state index contributed by atoms with van der Waals surface area (Å²) in [6, 6.07) is 14.7. The number of carbonyl (C=O) groups is 3. The molecule has 10 heteroatoms. The highest BCUT2D eigenvalue weighted by atomic mass is 32.1. The first-order valence-corrected chi connectivity index (χ1v) is 14.4. The second-order valence-electron chi connectivity index (χ2n) is 9.96. The van der Waals surface area contributed by atoms with E-state index in [9.17, 15) is 14.4 Å². The summed E-state index contributed by atoms with van der Waals surface area (Å²) in [4.78, 5) is 52.6. The van der Waals surface area contributed by atoms with Gasteiger partial charge in [0.2, 0.25) is 11.8 Å². The molecule has 1 fully saturated rings. The molecule has 4 aromatic rings. The Morgan fingerprint density at radius 3 is 2.75 bits per heavy atom. The van der Waals surface area contributed by atoms with Crippen LogP contribution >= 0.6 is 11.3 Å². The summed E-state index contributed by atoms with van der Waals surface area (Å²) in [7, 11) is 0. The molecule has 0 aliphatic heterocycles. The molecule has 0 spiro atoms. The lowest BCUT2D eigenvalue weighted by molar-refractivity contribution is -0.142. The standard InChI is InChI=1S/C30H32N4O5S/c1-3-4-5-14-31-30(37)39-38-24-8-6-7-20(16-24)17-26(35)32-29-33-27(19(2)40-29)23-11-12-25-22(18-23)13-15-34(25)28(36)21-9-10-21/h6-8,11-13,15-16,18,21H,3-5,9-10,14,17H2,1-2H3,(H,31,37)(H,32,33,35). The number of aromatic nitrogens is 2. The van der Waals surface area contributed by atoms with E-state index in [1.807, 2.05) is 37.4 Å². The Labute approximate surface area is 236 Å². The number of anilines is 1. The summed E-state index contributed by atoms with van der Waals surface area (Å²) >= 11 is 1.41. The van der Waals surface area contributed by atoms with Gasteiger partial charge in [-0.25, -0.2) is 14.7 Å². The lowest BCUT2D eigenvalue weighted by Crippen LogP contribution is -2.26. The van der Waals surface area contributed by atoms with Crippen molar-refractivity contribution in [3.05, 3.63) is 65.2 Å². The molecular formula is C30H32N4O5S. The van der Waals surface area contributed by atoms with Crippen LogP contribution in [0.3, 0.4) is 0 Å². The second-order valence-corrected chi connectivity index (χ2v) is 11.2. The second kappa shape index (κ2) is 12.3. The number of amides is 2. The SMILES string of the molecule is CCCCCNC(=O)OOc1cccc(CC(=O)Nc2nc(-c3ccc4c(ccn4C(=O)C4CC4)c3)c(C)s2)c1. The van der Waals surface area contributed by atoms with E-state index in [4.69, 9.17) is 9.78 Å². The predicted molar refractivity (Wildman–Crippen MR) is 155 cm³/mol. The molecule has 40 heavy (non-hydrogen) atoms. The molecule has 0 saturated heterocycles. The van der Waals surface area contributed by atoms with Crippen molar-refractivity contribution < 1.29 is 24.2 Å². The molecule has 0 bridgehead atoms. The molecule has 2 heterocycles. The van der Waals surface area contributed by atoms with Crippen molar-refractivity contribution in [3.8, 4) is 17.0 Å². The Morgan fingerprint density at radius 2 is 1.95 bits per heavy atom. The van der Waals surface area contributed by atoms with Crippen molar-refractivity contribution in [2.24, 2.45) is 5.92 Å². The van der Waals surface area contributed by atoms with Gasteiger partial charge in [0.25, 0.3) is 0 Å². The lowest BCUT2D eigenvalue weighted by atomic mass is 10.1. The van der Waals surface area contributed by atoms with Crippen LogP contribution in [0.1, 0.15) is 54.3 Å². The van der Waals surface area contributed by atoms with E-state index in [-0.39, 0.29) is 24.2 Å². The van der Waals surface area contributed by atoms with Crippen LogP contribution in [0.4, 0.5) is 9.93 Å². The average Bonchev–Trinajstić information content (AvgIpc) is 3.61. The first-order valence-electron chi connectivity index (χ1n) is 13.6. The van der Waals surface area contributed by atoms with Crippen LogP contribution in [0.5, 0.6) is 5.75 Å². The predicted octanol–water partition coefficient (Wildman–Crippen LogP) is 6.51. The third-order valence-corrected chi connectivity index (χ3v) is 7.58. The quantitative estimate of drug-likeness (QED) is 0.123. The number of rotatable bonds is 11. The Bertz CT molecular complexity index is 1540. The van der Waals surface area contributed by atoms with Crippen molar-refractivity contribution in [1.82, 2.24) is 14.9 Å². The zero-order valence-corrected chi connectivity index (χ0v) is 23.4. The fourth-order valence-corrected chi connectivity index (χ4v) is 5.32. The lowest BCUT2D eigenvalue weighted by Gasteiger charge is -2.07. The van der Waals surface area contributed by atoms with E-state index < -0.39 is 6.09 Å².